The minimum atomic E-state index is -0.295. The highest BCUT2D eigenvalue weighted by Crippen LogP contribution is 2.22. The summed E-state index contributed by atoms with van der Waals surface area (Å²) in [4.78, 5) is 15.6. The standard InChI is InChI=1S/C13H9BrCl2N2O2/c14-11-5-9(6-17-13(11)16)18-12(19)7-20-10-3-1-8(15)2-4-10/h1-6H,7H2,(H,18,19). The van der Waals surface area contributed by atoms with Gasteiger partial charge in [0.15, 0.2) is 6.61 Å². The van der Waals surface area contributed by atoms with Gasteiger partial charge in [-0.15, -0.1) is 0 Å². The van der Waals surface area contributed by atoms with Crippen LogP contribution in [0.2, 0.25) is 10.2 Å². The molecule has 2 aromatic rings. The van der Waals surface area contributed by atoms with Gasteiger partial charge in [0.25, 0.3) is 5.91 Å². The zero-order valence-corrected chi connectivity index (χ0v) is 13.2. The van der Waals surface area contributed by atoms with Crippen LogP contribution in [0.4, 0.5) is 5.69 Å². The molecule has 0 aliphatic rings. The third-order valence-corrected chi connectivity index (χ3v) is 3.65. The van der Waals surface area contributed by atoms with E-state index in [0.29, 0.717) is 26.1 Å². The zero-order valence-electron chi connectivity index (χ0n) is 10.1. The number of nitrogens with one attached hydrogen (secondary N) is 1. The molecule has 0 unspecified atom stereocenters. The van der Waals surface area contributed by atoms with Gasteiger partial charge in [0.05, 0.1) is 16.4 Å². The molecule has 1 amide bonds. The first-order valence-electron chi connectivity index (χ1n) is 5.54. The molecule has 0 aliphatic carbocycles. The van der Waals surface area contributed by atoms with Gasteiger partial charge in [0, 0.05) is 5.02 Å². The number of ether oxygens (including phenoxy) is 1. The van der Waals surface area contributed by atoms with Gasteiger partial charge in [0.2, 0.25) is 0 Å². The van der Waals surface area contributed by atoms with E-state index >= 15 is 0 Å². The van der Waals surface area contributed by atoms with Crippen molar-refractivity contribution in [3.8, 4) is 5.75 Å². The monoisotopic (exact) mass is 374 g/mol. The van der Waals surface area contributed by atoms with E-state index in [9.17, 15) is 4.79 Å². The minimum Gasteiger partial charge on any atom is -0.484 e. The van der Waals surface area contributed by atoms with Crippen molar-refractivity contribution in [2.45, 2.75) is 0 Å². The second-order valence-electron chi connectivity index (χ2n) is 3.79. The summed E-state index contributed by atoms with van der Waals surface area (Å²) in [5, 5.41) is 3.59. The number of hydrogen-bond donors (Lipinski definition) is 1. The van der Waals surface area contributed by atoms with E-state index in [-0.39, 0.29) is 12.5 Å². The number of anilines is 1. The van der Waals surface area contributed by atoms with Gasteiger partial charge in [-0.3, -0.25) is 4.79 Å². The lowest BCUT2D eigenvalue weighted by molar-refractivity contribution is -0.118. The predicted octanol–water partition coefficient (Wildman–Crippen LogP) is 4.17. The van der Waals surface area contributed by atoms with Crippen LogP contribution in [-0.4, -0.2) is 17.5 Å². The Hall–Kier alpha value is -1.30. The lowest BCUT2D eigenvalue weighted by atomic mass is 10.3. The molecule has 2 rings (SSSR count). The normalized spacial score (nSPS) is 10.2. The number of hydrogen-bond acceptors (Lipinski definition) is 3. The van der Waals surface area contributed by atoms with Crippen LogP contribution < -0.4 is 10.1 Å². The molecular weight excluding hydrogens is 367 g/mol. The topological polar surface area (TPSA) is 51.2 Å². The second-order valence-corrected chi connectivity index (χ2v) is 5.44. The number of carbonyl (C=O) groups is 1. The molecule has 1 heterocycles. The molecule has 0 aliphatic heterocycles. The summed E-state index contributed by atoms with van der Waals surface area (Å²) in [7, 11) is 0. The molecule has 0 saturated carbocycles. The van der Waals surface area contributed by atoms with Crippen molar-refractivity contribution in [1.29, 1.82) is 0 Å². The summed E-state index contributed by atoms with van der Waals surface area (Å²) >= 11 is 14.7. The number of nitrogens with zero attached hydrogens (tertiary/aromatic N) is 1. The molecule has 20 heavy (non-hydrogen) atoms. The summed E-state index contributed by atoms with van der Waals surface area (Å²) in [6.07, 6.45) is 1.47. The number of rotatable bonds is 4. The Labute approximate surface area is 134 Å². The van der Waals surface area contributed by atoms with Gasteiger partial charge >= 0.3 is 0 Å². The first-order valence-corrected chi connectivity index (χ1v) is 7.09. The molecule has 1 aromatic carbocycles. The fourth-order valence-corrected chi connectivity index (χ4v) is 1.94. The van der Waals surface area contributed by atoms with Crippen LogP contribution in [-0.2, 0) is 4.79 Å². The Morgan fingerprint density at radius 2 is 2.00 bits per heavy atom. The zero-order chi connectivity index (χ0) is 14.5. The Balaban J connectivity index is 1.89. The molecule has 1 N–H and O–H groups in total. The van der Waals surface area contributed by atoms with Crippen LogP contribution in [0.15, 0.2) is 41.0 Å². The number of benzene rings is 1. The Bertz CT molecular complexity index is 620. The van der Waals surface area contributed by atoms with E-state index in [1.807, 2.05) is 0 Å². The van der Waals surface area contributed by atoms with E-state index < -0.39 is 0 Å². The van der Waals surface area contributed by atoms with Crippen molar-refractivity contribution in [2.75, 3.05) is 11.9 Å². The second kappa shape index (κ2) is 6.92. The largest absolute Gasteiger partial charge is 0.484 e. The van der Waals surface area contributed by atoms with E-state index in [1.165, 1.54) is 6.20 Å². The maximum Gasteiger partial charge on any atom is 0.262 e. The molecule has 0 fully saturated rings. The van der Waals surface area contributed by atoms with Crippen LogP contribution in [0.3, 0.4) is 0 Å². The molecule has 4 nitrogen and oxygen atoms in total. The third-order valence-electron chi connectivity index (χ3n) is 2.26. The average molecular weight is 376 g/mol. The maximum atomic E-state index is 11.7. The number of pyridine rings is 1. The predicted molar refractivity (Wildman–Crippen MR) is 82.5 cm³/mol. The van der Waals surface area contributed by atoms with Gasteiger partial charge in [-0.25, -0.2) is 4.98 Å². The highest BCUT2D eigenvalue weighted by Gasteiger charge is 2.06. The van der Waals surface area contributed by atoms with E-state index in [2.05, 4.69) is 26.2 Å². The number of amides is 1. The number of halogens is 3. The van der Waals surface area contributed by atoms with Crippen molar-refractivity contribution < 1.29 is 9.53 Å². The lowest BCUT2D eigenvalue weighted by Crippen LogP contribution is -2.20. The third kappa shape index (κ3) is 4.37. The number of carbonyl (C=O) groups excluding carboxylic acids is 1. The van der Waals surface area contributed by atoms with E-state index in [1.54, 1.807) is 30.3 Å². The Kier molecular flexibility index (Phi) is 5.23. The van der Waals surface area contributed by atoms with Crippen LogP contribution in [0.25, 0.3) is 0 Å². The highest BCUT2D eigenvalue weighted by atomic mass is 79.9. The van der Waals surface area contributed by atoms with Crippen molar-refractivity contribution in [3.63, 3.8) is 0 Å². The van der Waals surface area contributed by atoms with Crippen molar-refractivity contribution in [1.82, 2.24) is 4.98 Å². The molecule has 104 valence electrons. The van der Waals surface area contributed by atoms with Gasteiger partial charge in [-0.2, -0.15) is 0 Å². The molecule has 0 radical (unpaired) electrons. The molecular formula is C13H9BrCl2N2O2. The van der Waals surface area contributed by atoms with Gasteiger partial charge < -0.3 is 10.1 Å². The SMILES string of the molecule is O=C(COc1ccc(Cl)cc1)Nc1cnc(Cl)c(Br)c1. The van der Waals surface area contributed by atoms with Crippen LogP contribution in [0.5, 0.6) is 5.75 Å². The first kappa shape index (κ1) is 15.1. The molecule has 0 bridgehead atoms. The summed E-state index contributed by atoms with van der Waals surface area (Å²) < 4.78 is 5.93. The van der Waals surface area contributed by atoms with Crippen molar-refractivity contribution in [3.05, 3.63) is 51.2 Å². The summed E-state index contributed by atoms with van der Waals surface area (Å²) in [5.41, 5.74) is 0.533. The molecule has 0 atom stereocenters. The van der Waals surface area contributed by atoms with Crippen LogP contribution in [0, 0.1) is 0 Å². The molecule has 1 aromatic heterocycles. The van der Waals surface area contributed by atoms with Crippen LogP contribution >= 0.6 is 39.1 Å². The quantitative estimate of drug-likeness (QED) is 0.816. The van der Waals surface area contributed by atoms with Crippen LogP contribution in [0.1, 0.15) is 0 Å². The van der Waals surface area contributed by atoms with Gasteiger partial charge in [0.1, 0.15) is 10.9 Å². The maximum absolute atomic E-state index is 11.7. The Morgan fingerprint density at radius 1 is 1.30 bits per heavy atom. The van der Waals surface area contributed by atoms with E-state index in [4.69, 9.17) is 27.9 Å². The summed E-state index contributed by atoms with van der Waals surface area (Å²) in [5.74, 6) is 0.274. The first-order chi connectivity index (χ1) is 9.54. The van der Waals surface area contributed by atoms with Gasteiger partial charge in [-0.05, 0) is 46.3 Å². The summed E-state index contributed by atoms with van der Waals surface area (Å²) in [6, 6.07) is 8.42. The fraction of sp³-hybridized carbons (Fsp3) is 0.0769. The fourth-order valence-electron chi connectivity index (χ4n) is 1.37. The summed E-state index contributed by atoms with van der Waals surface area (Å²) in [6.45, 7) is -0.109. The van der Waals surface area contributed by atoms with E-state index in [0.717, 1.165) is 0 Å². The molecule has 0 saturated heterocycles. The Morgan fingerprint density at radius 3 is 2.65 bits per heavy atom. The van der Waals surface area contributed by atoms with Crippen molar-refractivity contribution in [2.24, 2.45) is 0 Å². The van der Waals surface area contributed by atoms with Crippen molar-refractivity contribution >= 4 is 50.7 Å². The lowest BCUT2D eigenvalue weighted by Gasteiger charge is -2.08. The average Bonchev–Trinajstić information content (AvgIpc) is 2.42. The smallest absolute Gasteiger partial charge is 0.262 e. The number of aromatic nitrogens is 1. The van der Waals surface area contributed by atoms with Gasteiger partial charge in [-0.1, -0.05) is 23.2 Å². The molecule has 7 heteroatoms. The highest BCUT2D eigenvalue weighted by molar-refractivity contribution is 9.10. The molecule has 0 spiro atoms. The minimum absolute atomic E-state index is 0.109.